The molecule has 0 radical (unpaired) electrons. The molecule has 3 nitrogen and oxygen atoms in total. The molecule has 0 bridgehead atoms. The molecule has 2 rings (SSSR count). The monoisotopic (exact) mass is 264 g/mol. The van der Waals surface area contributed by atoms with E-state index in [1.165, 1.54) is 12.8 Å². The average molecular weight is 264 g/mol. The Morgan fingerprint density at radius 1 is 1.44 bits per heavy atom. The van der Waals surface area contributed by atoms with Crippen molar-refractivity contribution in [1.29, 1.82) is 0 Å². The van der Waals surface area contributed by atoms with E-state index >= 15 is 0 Å². The molecule has 0 saturated carbocycles. The maximum absolute atomic E-state index is 8.97. The van der Waals surface area contributed by atoms with E-state index in [0.29, 0.717) is 11.0 Å². The first kappa shape index (κ1) is 13.3. The van der Waals surface area contributed by atoms with Crippen LogP contribution in [0.5, 0.6) is 0 Å². The molecule has 4 heteroatoms. The van der Waals surface area contributed by atoms with Crippen LogP contribution in [-0.4, -0.2) is 29.3 Å². The van der Waals surface area contributed by atoms with Crippen LogP contribution in [0.4, 0.5) is 5.69 Å². The number of aliphatic hydroxyl groups is 1. The van der Waals surface area contributed by atoms with Crippen molar-refractivity contribution in [3.05, 3.63) is 29.8 Å². The van der Waals surface area contributed by atoms with E-state index in [-0.39, 0.29) is 6.61 Å². The molecule has 18 heavy (non-hydrogen) atoms. The van der Waals surface area contributed by atoms with E-state index in [0.717, 1.165) is 30.6 Å². The van der Waals surface area contributed by atoms with Gasteiger partial charge >= 0.3 is 0 Å². The predicted molar refractivity (Wildman–Crippen MR) is 79.0 cm³/mol. The highest BCUT2D eigenvalue weighted by atomic mass is 32.1. The zero-order valence-electron chi connectivity index (χ0n) is 10.5. The molecule has 3 N–H and O–H groups in total. The predicted octanol–water partition coefficient (Wildman–Crippen LogP) is 2.06. The lowest BCUT2D eigenvalue weighted by molar-refractivity contribution is 0.279. The minimum atomic E-state index is 0.265. The summed E-state index contributed by atoms with van der Waals surface area (Å²) in [6.07, 6.45) is 4.27. The summed E-state index contributed by atoms with van der Waals surface area (Å²) in [5.41, 5.74) is 7.90. The van der Waals surface area contributed by atoms with Crippen LogP contribution in [-0.2, 0) is 0 Å². The minimum absolute atomic E-state index is 0.265. The third-order valence-corrected chi connectivity index (χ3v) is 3.77. The fraction of sp³-hybridized carbons (Fsp3) is 0.500. The Bertz CT molecular complexity index is 422. The molecular weight excluding hydrogens is 244 g/mol. The van der Waals surface area contributed by atoms with Crippen LogP contribution in [0.25, 0.3) is 0 Å². The molecule has 1 aliphatic heterocycles. The van der Waals surface area contributed by atoms with Crippen LogP contribution in [0.3, 0.4) is 0 Å². The smallest absolute Gasteiger partial charge is 0.106 e. The summed E-state index contributed by atoms with van der Waals surface area (Å²) in [6, 6.07) is 8.58. The van der Waals surface area contributed by atoms with E-state index in [9.17, 15) is 0 Å². The van der Waals surface area contributed by atoms with Crippen LogP contribution in [0.2, 0.25) is 0 Å². The van der Waals surface area contributed by atoms with Gasteiger partial charge in [0.25, 0.3) is 0 Å². The van der Waals surface area contributed by atoms with Crippen molar-refractivity contribution in [2.75, 3.05) is 18.1 Å². The van der Waals surface area contributed by atoms with Gasteiger partial charge in [0.2, 0.25) is 0 Å². The van der Waals surface area contributed by atoms with E-state index in [1.54, 1.807) is 0 Å². The molecule has 1 aromatic carbocycles. The second-order valence-corrected chi connectivity index (χ2v) is 5.18. The molecule has 1 saturated heterocycles. The molecule has 1 heterocycles. The van der Waals surface area contributed by atoms with Gasteiger partial charge in [-0.3, -0.25) is 0 Å². The molecule has 1 aromatic rings. The summed E-state index contributed by atoms with van der Waals surface area (Å²) < 4.78 is 0. The van der Waals surface area contributed by atoms with E-state index in [1.807, 2.05) is 18.2 Å². The van der Waals surface area contributed by atoms with Crippen LogP contribution >= 0.6 is 12.2 Å². The Labute approximate surface area is 114 Å². The Kier molecular flexibility index (Phi) is 4.55. The van der Waals surface area contributed by atoms with Crippen LogP contribution < -0.4 is 10.6 Å². The first-order valence-electron chi connectivity index (χ1n) is 6.50. The molecule has 0 aliphatic carbocycles. The van der Waals surface area contributed by atoms with Gasteiger partial charge in [-0.25, -0.2) is 0 Å². The van der Waals surface area contributed by atoms with Crippen molar-refractivity contribution >= 4 is 22.9 Å². The summed E-state index contributed by atoms with van der Waals surface area (Å²) in [6.45, 7) is 1.32. The molecule has 1 unspecified atom stereocenters. The van der Waals surface area contributed by atoms with Crippen molar-refractivity contribution in [2.24, 2.45) is 5.73 Å². The average Bonchev–Trinajstić information content (AvgIpc) is 2.84. The van der Waals surface area contributed by atoms with E-state index in [4.69, 9.17) is 23.1 Å². The lowest BCUT2D eigenvalue weighted by Gasteiger charge is -2.28. The highest BCUT2D eigenvalue weighted by Crippen LogP contribution is 2.30. The van der Waals surface area contributed by atoms with Crippen LogP contribution in [0, 0.1) is 0 Å². The van der Waals surface area contributed by atoms with E-state index in [2.05, 4.69) is 11.0 Å². The summed E-state index contributed by atoms with van der Waals surface area (Å²) in [7, 11) is 0. The summed E-state index contributed by atoms with van der Waals surface area (Å²) in [5.74, 6) is 0. The van der Waals surface area contributed by atoms with Gasteiger partial charge in [0.15, 0.2) is 0 Å². The molecule has 1 atom stereocenters. The number of para-hydroxylation sites is 1. The third kappa shape index (κ3) is 2.82. The number of aliphatic hydroxyl groups excluding tert-OH is 1. The van der Waals surface area contributed by atoms with Gasteiger partial charge in [-0.2, -0.15) is 0 Å². The second-order valence-electron chi connectivity index (χ2n) is 4.74. The molecule has 1 aliphatic rings. The quantitative estimate of drug-likeness (QED) is 0.799. The third-order valence-electron chi connectivity index (χ3n) is 3.55. The first-order valence-corrected chi connectivity index (χ1v) is 6.91. The number of hydrogen-bond acceptors (Lipinski definition) is 3. The fourth-order valence-corrected chi connectivity index (χ4v) is 2.88. The van der Waals surface area contributed by atoms with Gasteiger partial charge in [-0.15, -0.1) is 0 Å². The van der Waals surface area contributed by atoms with Gasteiger partial charge in [0.05, 0.1) is 0 Å². The van der Waals surface area contributed by atoms with Crippen LogP contribution in [0.1, 0.15) is 31.2 Å². The maximum Gasteiger partial charge on any atom is 0.106 e. The maximum atomic E-state index is 8.97. The van der Waals surface area contributed by atoms with Crippen molar-refractivity contribution in [2.45, 2.75) is 31.7 Å². The number of nitrogens with two attached hydrogens (primary N) is 1. The van der Waals surface area contributed by atoms with Crippen molar-refractivity contribution in [3.8, 4) is 0 Å². The topological polar surface area (TPSA) is 49.5 Å². The molecule has 0 aromatic heterocycles. The summed E-state index contributed by atoms with van der Waals surface area (Å²) >= 11 is 5.12. The normalized spacial score (nSPS) is 19.2. The Morgan fingerprint density at radius 3 is 2.94 bits per heavy atom. The summed E-state index contributed by atoms with van der Waals surface area (Å²) in [5, 5.41) is 8.97. The Balaban J connectivity index is 2.21. The highest BCUT2D eigenvalue weighted by Gasteiger charge is 2.25. The lowest BCUT2D eigenvalue weighted by Crippen LogP contribution is -2.31. The van der Waals surface area contributed by atoms with Gasteiger partial charge < -0.3 is 15.7 Å². The number of benzene rings is 1. The molecule has 0 amide bonds. The number of rotatable bonds is 5. The van der Waals surface area contributed by atoms with E-state index < -0.39 is 0 Å². The number of hydrogen-bond donors (Lipinski definition) is 2. The first-order chi connectivity index (χ1) is 8.74. The SMILES string of the molecule is NC(=S)c1ccccc1N1CCCC1CCCO. The second kappa shape index (κ2) is 6.16. The van der Waals surface area contributed by atoms with Crippen molar-refractivity contribution < 1.29 is 5.11 Å². The lowest BCUT2D eigenvalue weighted by atomic mass is 10.1. The zero-order chi connectivity index (χ0) is 13.0. The summed E-state index contributed by atoms with van der Waals surface area (Å²) in [4.78, 5) is 2.85. The standard InChI is InChI=1S/C14H20N2OS/c15-14(18)12-7-1-2-8-13(12)16-9-3-5-11(16)6-4-10-17/h1-2,7-8,11,17H,3-6,9-10H2,(H2,15,18). The molecular formula is C14H20N2OS. The number of nitrogens with zero attached hydrogens (tertiary/aromatic N) is 1. The molecule has 0 spiro atoms. The van der Waals surface area contributed by atoms with Gasteiger partial charge in [0.1, 0.15) is 4.99 Å². The Morgan fingerprint density at radius 2 is 2.22 bits per heavy atom. The Hall–Kier alpha value is -1.13. The largest absolute Gasteiger partial charge is 0.396 e. The fourth-order valence-electron chi connectivity index (χ4n) is 2.71. The molecule has 98 valence electrons. The highest BCUT2D eigenvalue weighted by molar-refractivity contribution is 7.80. The zero-order valence-corrected chi connectivity index (χ0v) is 11.3. The molecule has 1 fully saturated rings. The van der Waals surface area contributed by atoms with Crippen LogP contribution in [0.15, 0.2) is 24.3 Å². The van der Waals surface area contributed by atoms with Gasteiger partial charge in [0, 0.05) is 30.4 Å². The number of thiocarbonyl (C=S) groups is 1. The minimum Gasteiger partial charge on any atom is -0.396 e. The van der Waals surface area contributed by atoms with Crippen molar-refractivity contribution in [3.63, 3.8) is 0 Å². The van der Waals surface area contributed by atoms with Gasteiger partial charge in [-0.1, -0.05) is 24.4 Å². The van der Waals surface area contributed by atoms with Crippen molar-refractivity contribution in [1.82, 2.24) is 0 Å². The number of anilines is 1. The van der Waals surface area contributed by atoms with Gasteiger partial charge in [-0.05, 0) is 37.8 Å².